The van der Waals surface area contributed by atoms with Crippen LogP contribution in [-0.2, 0) is 99.3 Å². The summed E-state index contributed by atoms with van der Waals surface area (Å²) in [6.45, 7) is 34.6. The lowest BCUT2D eigenvalue weighted by molar-refractivity contribution is -0.144. The van der Waals surface area contributed by atoms with Gasteiger partial charge in [0.25, 0.3) is 5.91 Å². The molecule has 0 unspecified atom stereocenters. The number of hydrogen-bond acceptors (Lipinski definition) is 34. The predicted octanol–water partition coefficient (Wildman–Crippen LogP) is 14.6. The maximum atomic E-state index is 13.7. The number of ether oxygens (including phenoxy) is 9. The summed E-state index contributed by atoms with van der Waals surface area (Å²) in [4.78, 5) is 178. The van der Waals surface area contributed by atoms with Crippen molar-refractivity contribution in [1.29, 1.82) is 0 Å². The average Bonchev–Trinajstić information content (AvgIpc) is 1.72. The molecule has 1 aliphatic carbocycles. The number of nitrogens with one attached hydrogen (secondary N) is 1. The Morgan fingerprint density at radius 2 is 0.817 bits per heavy atom. The third kappa shape index (κ3) is 29.9. The number of halogens is 4. The minimum Gasteiger partial charge on any atom is -0.465 e. The third-order valence-corrected chi connectivity index (χ3v) is 19.4. The first-order valence-electron chi connectivity index (χ1n) is 42.2. The molecule has 1 aromatic carbocycles. The van der Waals surface area contributed by atoms with Gasteiger partial charge in [0.15, 0.2) is 60.2 Å². The summed E-state index contributed by atoms with van der Waals surface area (Å²) >= 11 is 24.7. The highest BCUT2D eigenvalue weighted by atomic mass is 35.5. The molecule has 0 bridgehead atoms. The van der Waals surface area contributed by atoms with Crippen molar-refractivity contribution in [3.8, 4) is 0 Å². The first-order chi connectivity index (χ1) is 61.7. The number of esters is 5. The van der Waals surface area contributed by atoms with Crippen molar-refractivity contribution in [2.45, 2.75) is 232 Å². The predicted molar refractivity (Wildman–Crippen MR) is 487 cm³/mol. The Kier molecular flexibility index (Phi) is 38.2. The number of anilines is 4. The van der Waals surface area contributed by atoms with Gasteiger partial charge in [-0.05, 0) is 154 Å². The van der Waals surface area contributed by atoms with Gasteiger partial charge in [0.05, 0.1) is 77.9 Å². The topological polar surface area (TPSA) is 476 Å². The molecule has 0 atom stereocenters. The standard InChI is InChI=1S/C27H32ClN5O5.C19H28ClN5O4.C14H18ClN5O4.C14H19N5O3.C10H11ClN4O2.CH4/c1-5-37-20(34)15-32-16-29-21-22(28)30-25(31-23(21)32)33(26(36)38-27(2,3)4)24(35)19-13-11-18(12-14-19)17-9-7-6-8-10-17;1-6-8-9-10-25(18(27)29-19(3,4)5)17-22-15(20)14-16(23-17)24(12-21-14)11-13(26)28-7-2;1-5-23-8(21)6-20-7-16-9-10(15)17-12(18-11(9)20)19-13(22)24-14(2,3)4;1-3-22-11(20)8-19-9-15-12-13(16-10(2)17-14(12)19)18-4-6-21-7-5-18;1-3-17-7(16)4-15-5-12-8-9(11)13-6(2)14-10(8)15;/h11-14,16-17H,5-10,15H2,1-4H3;12H,6-11H2,1-5H3;7H,5-6H2,1-4H3,(H,17,18,19,22);9H,3-8H2,1-2H3;5H,3-4H2,1-2H3;1H4. The molecule has 11 heterocycles. The van der Waals surface area contributed by atoms with Crippen LogP contribution in [0.2, 0.25) is 20.6 Å². The second kappa shape index (κ2) is 48.0. The third-order valence-electron chi connectivity index (χ3n) is 18.3. The van der Waals surface area contributed by atoms with Gasteiger partial charge in [-0.1, -0.05) is 105 Å². The molecular formula is C85H112Cl4N24O18. The highest BCUT2D eigenvalue weighted by molar-refractivity contribution is 6.35. The summed E-state index contributed by atoms with van der Waals surface area (Å²) < 4.78 is 54.0. The molecule has 708 valence electrons. The Morgan fingerprint density at radius 1 is 0.443 bits per heavy atom. The van der Waals surface area contributed by atoms with E-state index in [4.69, 9.17) is 89.0 Å². The van der Waals surface area contributed by atoms with E-state index in [2.05, 4.69) is 91.9 Å². The molecular weight excluding hydrogens is 1790 g/mol. The van der Waals surface area contributed by atoms with Crippen LogP contribution in [0.5, 0.6) is 0 Å². The van der Waals surface area contributed by atoms with Gasteiger partial charge >= 0.3 is 48.1 Å². The zero-order valence-corrected chi connectivity index (χ0v) is 78.7. The molecule has 46 heteroatoms. The quantitative estimate of drug-likeness (QED) is 0.0240. The molecule has 10 aromatic heterocycles. The van der Waals surface area contributed by atoms with Crippen LogP contribution in [0, 0.1) is 13.8 Å². The molecule has 4 amide bonds. The zero-order valence-electron chi connectivity index (χ0n) is 75.7. The molecule has 2 fully saturated rings. The lowest BCUT2D eigenvalue weighted by atomic mass is 9.84. The Bertz CT molecular complexity index is 5790. The monoisotopic (exact) mass is 1900 g/mol. The minimum atomic E-state index is -0.953. The molecule has 2 aliphatic rings. The fourth-order valence-corrected chi connectivity index (χ4v) is 13.8. The van der Waals surface area contributed by atoms with Crippen LogP contribution in [0.4, 0.5) is 38.0 Å². The SMILES string of the molecule is C.CCCCCN(C(=O)OC(C)(C)C)c1nc(Cl)c2ncn(CC(=O)OCC)c2n1.CCOC(=O)Cn1cnc2c(Cl)nc(C)nc21.CCOC(=O)Cn1cnc2c(Cl)nc(N(C(=O)OC(C)(C)C)C(=O)c3ccc(C4CCCCC4)cc3)nc21.CCOC(=O)Cn1cnc2c(Cl)nc(NC(=O)OC(C)(C)C)nc21.CCOC(=O)Cn1cnc2c(N3CCOCC3)nc(C)nc21. The number of carbonyl (C=O) groups excluding carboxylic acids is 9. The summed E-state index contributed by atoms with van der Waals surface area (Å²) in [5.41, 5.74) is 3.30. The first kappa shape index (κ1) is 104. The lowest BCUT2D eigenvalue weighted by Gasteiger charge is -2.27. The number of unbranched alkanes of at least 4 members (excludes halogenated alkanes) is 2. The van der Waals surface area contributed by atoms with E-state index in [1.54, 1.807) is 131 Å². The van der Waals surface area contributed by atoms with Crippen LogP contribution >= 0.6 is 46.4 Å². The van der Waals surface area contributed by atoms with Crippen LogP contribution in [0.15, 0.2) is 55.9 Å². The molecule has 11 aromatic rings. The molecule has 1 N–H and O–H groups in total. The number of carbonyl (C=O) groups is 9. The van der Waals surface area contributed by atoms with Gasteiger partial charge in [0.2, 0.25) is 17.8 Å². The normalized spacial score (nSPS) is 12.8. The summed E-state index contributed by atoms with van der Waals surface area (Å²) in [7, 11) is 0. The van der Waals surface area contributed by atoms with Crippen molar-refractivity contribution < 1.29 is 85.8 Å². The van der Waals surface area contributed by atoms with Crippen LogP contribution in [0.25, 0.3) is 55.8 Å². The molecule has 131 heavy (non-hydrogen) atoms. The number of nitrogens with zero attached hydrogens (tertiary/aromatic N) is 23. The van der Waals surface area contributed by atoms with Crippen LogP contribution in [0.3, 0.4) is 0 Å². The van der Waals surface area contributed by atoms with E-state index in [1.165, 1.54) is 68.7 Å². The molecule has 42 nitrogen and oxygen atoms in total. The van der Waals surface area contributed by atoms with E-state index >= 15 is 0 Å². The van der Waals surface area contributed by atoms with Crippen LogP contribution in [0.1, 0.15) is 196 Å². The fourth-order valence-electron chi connectivity index (χ4n) is 12.9. The van der Waals surface area contributed by atoms with E-state index in [1.807, 2.05) is 19.1 Å². The summed E-state index contributed by atoms with van der Waals surface area (Å²) in [5, 5.41) is 2.75. The van der Waals surface area contributed by atoms with Gasteiger partial charge in [0, 0.05) is 25.2 Å². The summed E-state index contributed by atoms with van der Waals surface area (Å²) in [5.74, 6) is -0.425. The van der Waals surface area contributed by atoms with Gasteiger partial charge in [-0.3, -0.25) is 34.1 Å². The van der Waals surface area contributed by atoms with Crippen LogP contribution in [-0.4, -0.2) is 234 Å². The van der Waals surface area contributed by atoms with Gasteiger partial charge in [-0.2, -0.15) is 34.8 Å². The van der Waals surface area contributed by atoms with E-state index in [0.29, 0.717) is 95.2 Å². The largest absolute Gasteiger partial charge is 0.465 e. The van der Waals surface area contributed by atoms with Gasteiger partial charge in [0.1, 0.15) is 83.2 Å². The number of imidazole rings is 5. The smallest absolute Gasteiger partial charge is 0.424 e. The number of imide groups is 1. The highest BCUT2D eigenvalue weighted by Crippen LogP contribution is 2.35. The fraction of sp³-hybridized carbons (Fsp3) is 0.529. The highest BCUT2D eigenvalue weighted by Gasteiger charge is 2.35. The molecule has 1 saturated heterocycles. The van der Waals surface area contributed by atoms with Crippen LogP contribution < -0.4 is 20.0 Å². The molecule has 1 aliphatic heterocycles. The number of aryl methyl sites for hydroxylation is 2. The first-order valence-corrected chi connectivity index (χ1v) is 43.7. The van der Waals surface area contributed by atoms with Crippen molar-refractivity contribution in [3.05, 3.63) is 99.3 Å². The lowest BCUT2D eigenvalue weighted by Crippen LogP contribution is -2.42. The average molecular weight is 1900 g/mol. The number of fused-ring (bicyclic) bond motifs is 5. The van der Waals surface area contributed by atoms with Gasteiger partial charge in [-0.25, -0.2) is 64.1 Å². The van der Waals surface area contributed by atoms with Crippen molar-refractivity contribution >= 4 is 180 Å². The van der Waals surface area contributed by atoms with Gasteiger partial charge in [-0.15, -0.1) is 0 Å². The van der Waals surface area contributed by atoms with E-state index < -0.39 is 58.9 Å². The van der Waals surface area contributed by atoms with E-state index in [-0.39, 0.29) is 127 Å². The maximum Gasteiger partial charge on any atom is 0.424 e. The summed E-state index contributed by atoms with van der Waals surface area (Å²) in [6.07, 6.45) is 13.7. The molecule has 1 saturated carbocycles. The second-order valence-electron chi connectivity index (χ2n) is 32.0. The summed E-state index contributed by atoms with van der Waals surface area (Å²) in [6, 6.07) is 7.27. The Balaban J connectivity index is 0.000000206. The molecule has 13 rings (SSSR count). The Morgan fingerprint density at radius 3 is 1.24 bits per heavy atom. The van der Waals surface area contributed by atoms with Crippen molar-refractivity contribution in [2.24, 2.45) is 0 Å². The molecule has 0 radical (unpaired) electrons. The minimum absolute atomic E-state index is 0. The van der Waals surface area contributed by atoms with E-state index in [9.17, 15) is 43.2 Å². The van der Waals surface area contributed by atoms with Crippen molar-refractivity contribution in [2.75, 3.05) is 85.9 Å². The van der Waals surface area contributed by atoms with Gasteiger partial charge < -0.3 is 70.4 Å². The van der Waals surface area contributed by atoms with Crippen molar-refractivity contribution in [3.63, 3.8) is 0 Å². The van der Waals surface area contributed by atoms with Crippen molar-refractivity contribution in [1.82, 2.24) is 97.6 Å². The molecule has 0 spiro atoms. The number of amides is 4. The zero-order chi connectivity index (χ0) is 94.9. The number of hydrogen-bond donors (Lipinski definition) is 1. The van der Waals surface area contributed by atoms with E-state index in [0.717, 1.165) is 55.9 Å². The Hall–Kier alpha value is -12.3. The second-order valence-corrected chi connectivity index (χ2v) is 33.4. The Labute approximate surface area is 776 Å². The maximum absolute atomic E-state index is 13.7. The number of benzene rings is 1. The number of rotatable bonds is 25. The number of morpholine rings is 1. The number of aromatic nitrogens is 20.